The van der Waals surface area contributed by atoms with E-state index in [1.807, 2.05) is 19.1 Å². The molecule has 4 heteroatoms. The van der Waals surface area contributed by atoms with Crippen LogP contribution >= 0.6 is 11.6 Å². The maximum absolute atomic E-state index is 12.2. The summed E-state index contributed by atoms with van der Waals surface area (Å²) in [5.41, 5.74) is 6.28. The monoisotopic (exact) mass is 252 g/mol. The fraction of sp³-hybridized carbons (Fsp3) is 0.462. The van der Waals surface area contributed by atoms with Gasteiger partial charge < -0.3 is 11.1 Å². The van der Waals surface area contributed by atoms with E-state index in [9.17, 15) is 4.79 Å². The Morgan fingerprint density at radius 1 is 1.59 bits per heavy atom. The highest BCUT2D eigenvalue weighted by molar-refractivity contribution is 6.30. The van der Waals surface area contributed by atoms with Crippen LogP contribution in [0.4, 0.5) is 5.69 Å². The molecule has 3 nitrogen and oxygen atoms in total. The molecule has 2 unspecified atom stereocenters. The first kappa shape index (κ1) is 12.4. The molecule has 0 radical (unpaired) electrons. The molecule has 0 heterocycles. The zero-order chi connectivity index (χ0) is 12.5. The molecule has 1 aromatic carbocycles. The van der Waals surface area contributed by atoms with Crippen molar-refractivity contribution in [2.45, 2.75) is 32.2 Å². The Morgan fingerprint density at radius 2 is 2.35 bits per heavy atom. The van der Waals surface area contributed by atoms with Crippen LogP contribution in [0.5, 0.6) is 0 Å². The third-order valence-corrected chi connectivity index (χ3v) is 3.87. The van der Waals surface area contributed by atoms with Crippen molar-refractivity contribution in [2.24, 2.45) is 11.1 Å². The second-order valence-corrected chi connectivity index (χ2v) is 5.32. The van der Waals surface area contributed by atoms with E-state index in [0.29, 0.717) is 5.02 Å². The number of halogens is 1. The number of rotatable bonds is 2. The number of carbonyl (C=O) groups excluding carboxylic acids is 1. The highest BCUT2D eigenvalue weighted by Crippen LogP contribution is 2.37. The molecular formula is C13H17ClN2O. The maximum Gasteiger partial charge on any atom is 0.231 e. The predicted molar refractivity (Wildman–Crippen MR) is 70.0 cm³/mol. The normalized spacial score (nSPS) is 28.1. The summed E-state index contributed by atoms with van der Waals surface area (Å²) < 4.78 is 0. The SMILES string of the molecule is CC1(C(=O)Nc2cccc(Cl)c2)CCCC1N. The summed E-state index contributed by atoms with van der Waals surface area (Å²) in [7, 11) is 0. The summed E-state index contributed by atoms with van der Waals surface area (Å²) in [6, 6.07) is 7.10. The second-order valence-electron chi connectivity index (χ2n) is 4.88. The molecule has 0 aliphatic heterocycles. The van der Waals surface area contributed by atoms with Gasteiger partial charge in [-0.2, -0.15) is 0 Å². The fourth-order valence-corrected chi connectivity index (χ4v) is 2.51. The van der Waals surface area contributed by atoms with Crippen molar-refractivity contribution in [3.05, 3.63) is 29.3 Å². The number of hydrogen-bond donors (Lipinski definition) is 2. The third-order valence-electron chi connectivity index (χ3n) is 3.63. The summed E-state index contributed by atoms with van der Waals surface area (Å²) in [5, 5.41) is 3.51. The molecular weight excluding hydrogens is 236 g/mol. The molecule has 1 aliphatic rings. The molecule has 0 spiro atoms. The van der Waals surface area contributed by atoms with E-state index in [0.717, 1.165) is 24.9 Å². The van der Waals surface area contributed by atoms with E-state index in [4.69, 9.17) is 17.3 Å². The van der Waals surface area contributed by atoms with Crippen molar-refractivity contribution in [2.75, 3.05) is 5.32 Å². The summed E-state index contributed by atoms with van der Waals surface area (Å²) in [6.07, 6.45) is 2.78. The lowest BCUT2D eigenvalue weighted by Gasteiger charge is -2.27. The molecule has 17 heavy (non-hydrogen) atoms. The van der Waals surface area contributed by atoms with Crippen molar-refractivity contribution in [1.29, 1.82) is 0 Å². The molecule has 1 fully saturated rings. The van der Waals surface area contributed by atoms with Crippen LogP contribution in [0.2, 0.25) is 5.02 Å². The Morgan fingerprint density at radius 3 is 2.94 bits per heavy atom. The van der Waals surface area contributed by atoms with Crippen molar-refractivity contribution in [1.82, 2.24) is 0 Å². The molecule has 0 bridgehead atoms. The van der Waals surface area contributed by atoms with E-state index in [-0.39, 0.29) is 11.9 Å². The van der Waals surface area contributed by atoms with Crippen LogP contribution in [0.3, 0.4) is 0 Å². The maximum atomic E-state index is 12.2. The van der Waals surface area contributed by atoms with E-state index < -0.39 is 5.41 Å². The Balaban J connectivity index is 2.12. The number of benzene rings is 1. The number of nitrogens with one attached hydrogen (secondary N) is 1. The van der Waals surface area contributed by atoms with Crippen molar-refractivity contribution in [3.8, 4) is 0 Å². The quantitative estimate of drug-likeness (QED) is 0.850. The van der Waals surface area contributed by atoms with Crippen LogP contribution in [-0.4, -0.2) is 11.9 Å². The molecule has 1 aromatic rings. The fourth-order valence-electron chi connectivity index (χ4n) is 2.32. The van der Waals surface area contributed by atoms with Crippen LogP contribution < -0.4 is 11.1 Å². The van der Waals surface area contributed by atoms with Crippen LogP contribution in [0.25, 0.3) is 0 Å². The van der Waals surface area contributed by atoms with Gasteiger partial charge >= 0.3 is 0 Å². The standard InChI is InChI=1S/C13H17ClN2O/c1-13(7-3-6-11(13)15)12(17)16-10-5-2-4-9(14)8-10/h2,4-5,8,11H,3,6-7,15H2,1H3,(H,16,17). The average molecular weight is 253 g/mol. The predicted octanol–water partition coefficient (Wildman–Crippen LogP) is 2.80. The lowest BCUT2D eigenvalue weighted by molar-refractivity contribution is -0.125. The second kappa shape index (κ2) is 4.67. The molecule has 0 saturated heterocycles. The number of anilines is 1. The van der Waals surface area contributed by atoms with Gasteiger partial charge in [-0.1, -0.05) is 24.1 Å². The van der Waals surface area contributed by atoms with Crippen LogP contribution in [-0.2, 0) is 4.79 Å². The van der Waals surface area contributed by atoms with E-state index in [1.54, 1.807) is 12.1 Å². The van der Waals surface area contributed by atoms with E-state index in [1.165, 1.54) is 0 Å². The summed E-state index contributed by atoms with van der Waals surface area (Å²) in [6.45, 7) is 1.94. The highest BCUT2D eigenvalue weighted by Gasteiger charge is 2.42. The Hall–Kier alpha value is -1.06. The zero-order valence-electron chi connectivity index (χ0n) is 9.87. The topological polar surface area (TPSA) is 55.1 Å². The first-order valence-corrected chi connectivity index (χ1v) is 6.23. The lowest BCUT2D eigenvalue weighted by Crippen LogP contribution is -2.44. The minimum atomic E-state index is -0.456. The van der Waals surface area contributed by atoms with Gasteiger partial charge in [0.05, 0.1) is 5.41 Å². The summed E-state index contributed by atoms with van der Waals surface area (Å²) in [4.78, 5) is 12.2. The minimum absolute atomic E-state index is 0.00948. The average Bonchev–Trinajstić information content (AvgIpc) is 2.60. The van der Waals surface area contributed by atoms with Gasteiger partial charge in [0.1, 0.15) is 0 Å². The Labute approximate surface area is 106 Å². The van der Waals surface area contributed by atoms with Crippen LogP contribution in [0.15, 0.2) is 24.3 Å². The number of nitrogens with two attached hydrogens (primary N) is 1. The van der Waals surface area contributed by atoms with Gasteiger partial charge in [0.15, 0.2) is 0 Å². The van der Waals surface area contributed by atoms with Crippen molar-refractivity contribution < 1.29 is 4.79 Å². The molecule has 1 aliphatic carbocycles. The third kappa shape index (κ3) is 2.45. The largest absolute Gasteiger partial charge is 0.327 e. The van der Waals surface area contributed by atoms with Gasteiger partial charge in [0.2, 0.25) is 5.91 Å². The highest BCUT2D eigenvalue weighted by atomic mass is 35.5. The van der Waals surface area contributed by atoms with E-state index >= 15 is 0 Å². The summed E-state index contributed by atoms with van der Waals surface area (Å²) >= 11 is 5.88. The molecule has 1 amide bonds. The molecule has 0 aromatic heterocycles. The number of amides is 1. The van der Waals surface area contributed by atoms with Gasteiger partial charge in [-0.25, -0.2) is 0 Å². The van der Waals surface area contributed by atoms with Gasteiger partial charge in [0, 0.05) is 16.8 Å². The van der Waals surface area contributed by atoms with Crippen LogP contribution in [0, 0.1) is 5.41 Å². The Bertz CT molecular complexity index is 435. The van der Waals surface area contributed by atoms with Gasteiger partial charge in [-0.15, -0.1) is 0 Å². The van der Waals surface area contributed by atoms with Crippen LogP contribution in [0.1, 0.15) is 26.2 Å². The van der Waals surface area contributed by atoms with Crippen molar-refractivity contribution >= 4 is 23.2 Å². The Kier molecular flexibility index (Phi) is 3.40. The minimum Gasteiger partial charge on any atom is -0.327 e. The smallest absolute Gasteiger partial charge is 0.231 e. The molecule has 92 valence electrons. The first-order valence-electron chi connectivity index (χ1n) is 5.85. The zero-order valence-corrected chi connectivity index (χ0v) is 10.6. The molecule has 2 atom stereocenters. The number of hydrogen-bond acceptors (Lipinski definition) is 2. The lowest BCUT2D eigenvalue weighted by atomic mass is 9.84. The van der Waals surface area contributed by atoms with Gasteiger partial charge in [-0.05, 0) is 38.0 Å². The van der Waals surface area contributed by atoms with Gasteiger partial charge in [-0.3, -0.25) is 4.79 Å². The molecule has 1 saturated carbocycles. The molecule has 2 rings (SSSR count). The first-order chi connectivity index (χ1) is 8.02. The van der Waals surface area contributed by atoms with Gasteiger partial charge in [0.25, 0.3) is 0 Å². The van der Waals surface area contributed by atoms with E-state index in [2.05, 4.69) is 5.32 Å². The summed E-state index contributed by atoms with van der Waals surface area (Å²) in [5.74, 6) is -0.00948. The van der Waals surface area contributed by atoms with Crippen molar-refractivity contribution in [3.63, 3.8) is 0 Å². The molecule has 3 N–H and O–H groups in total. The number of carbonyl (C=O) groups is 1.